The largest absolute Gasteiger partial charge is 0.445 e. The van der Waals surface area contributed by atoms with Crippen molar-refractivity contribution in [1.82, 2.24) is 24.8 Å². The summed E-state index contributed by atoms with van der Waals surface area (Å²) in [5, 5.41) is 6.43. The van der Waals surface area contributed by atoms with E-state index in [1.54, 1.807) is 24.4 Å². The molecule has 11 nitrogen and oxygen atoms in total. The zero-order valence-electron chi connectivity index (χ0n) is 26.3. The van der Waals surface area contributed by atoms with E-state index < -0.39 is 8.07 Å². The number of aromatic nitrogens is 3. The summed E-state index contributed by atoms with van der Waals surface area (Å²) in [5.74, 6) is 0.293. The molecule has 0 spiro atoms. The maximum atomic E-state index is 13.3. The van der Waals surface area contributed by atoms with Crippen molar-refractivity contribution in [3.8, 4) is 0 Å². The SMILES string of the molecule is COC[C@@H](C)NC(=O)c1cn(COCC[Si](C)(C)C)c2ncc(N[C@H]3CC[C@@H](C)N(C(=O)OCc4ccccc4)C3)nc12. The summed E-state index contributed by atoms with van der Waals surface area (Å²) >= 11 is 0. The number of piperidine rings is 1. The molecule has 1 fully saturated rings. The number of hydrogen-bond acceptors (Lipinski definition) is 8. The molecule has 0 saturated carbocycles. The van der Waals surface area contributed by atoms with Crippen LogP contribution in [0.3, 0.4) is 0 Å². The van der Waals surface area contributed by atoms with Gasteiger partial charge >= 0.3 is 6.09 Å². The first-order chi connectivity index (χ1) is 20.5. The van der Waals surface area contributed by atoms with E-state index in [-0.39, 0.29) is 43.5 Å². The molecule has 12 heteroatoms. The topological polar surface area (TPSA) is 120 Å². The maximum absolute atomic E-state index is 13.3. The first-order valence-corrected chi connectivity index (χ1v) is 18.7. The van der Waals surface area contributed by atoms with Crippen molar-refractivity contribution in [3.63, 3.8) is 0 Å². The number of benzene rings is 1. The monoisotopic (exact) mass is 610 g/mol. The van der Waals surface area contributed by atoms with Gasteiger partial charge in [0.15, 0.2) is 5.65 Å². The molecule has 1 saturated heterocycles. The van der Waals surface area contributed by atoms with E-state index in [1.165, 1.54) is 0 Å². The van der Waals surface area contributed by atoms with Gasteiger partial charge in [0, 0.05) is 52.7 Å². The minimum Gasteiger partial charge on any atom is -0.445 e. The van der Waals surface area contributed by atoms with Crippen molar-refractivity contribution < 1.29 is 23.8 Å². The van der Waals surface area contributed by atoms with Crippen LogP contribution in [0.1, 0.15) is 42.6 Å². The molecule has 2 N–H and O–H groups in total. The fourth-order valence-corrected chi connectivity index (χ4v) is 5.77. The lowest BCUT2D eigenvalue weighted by atomic mass is 10.00. The molecule has 0 unspecified atom stereocenters. The second-order valence-electron chi connectivity index (χ2n) is 12.6. The van der Waals surface area contributed by atoms with Crippen molar-refractivity contribution in [1.29, 1.82) is 0 Å². The lowest BCUT2D eigenvalue weighted by molar-refractivity contribution is 0.0695. The molecule has 0 aliphatic carbocycles. The van der Waals surface area contributed by atoms with Crippen molar-refractivity contribution in [3.05, 3.63) is 53.9 Å². The van der Waals surface area contributed by atoms with Crippen molar-refractivity contribution >= 4 is 37.1 Å². The first kappa shape index (κ1) is 32.4. The second-order valence-corrected chi connectivity index (χ2v) is 18.2. The van der Waals surface area contributed by atoms with E-state index in [0.29, 0.717) is 42.3 Å². The molecule has 1 aliphatic heterocycles. The fourth-order valence-electron chi connectivity index (χ4n) is 5.01. The molecule has 3 heterocycles. The van der Waals surface area contributed by atoms with E-state index in [4.69, 9.17) is 19.2 Å². The first-order valence-electron chi connectivity index (χ1n) is 15.0. The number of anilines is 1. The number of hydrogen-bond donors (Lipinski definition) is 2. The van der Waals surface area contributed by atoms with Gasteiger partial charge in [0.25, 0.3) is 5.91 Å². The Labute approximate surface area is 255 Å². The number of likely N-dealkylation sites (tertiary alicyclic amines) is 1. The molecule has 2 amide bonds. The second kappa shape index (κ2) is 14.8. The van der Waals surface area contributed by atoms with Gasteiger partial charge in [-0.25, -0.2) is 14.8 Å². The van der Waals surface area contributed by atoms with Crippen molar-refractivity contribution in [2.24, 2.45) is 0 Å². The van der Waals surface area contributed by atoms with Gasteiger partial charge in [0.05, 0.1) is 18.4 Å². The highest BCUT2D eigenvalue weighted by molar-refractivity contribution is 6.76. The highest BCUT2D eigenvalue weighted by atomic mass is 28.3. The van der Waals surface area contributed by atoms with Crippen LogP contribution in [0.5, 0.6) is 0 Å². The number of methoxy groups -OCH3 is 1. The Morgan fingerprint density at radius 2 is 1.93 bits per heavy atom. The van der Waals surface area contributed by atoms with Crippen LogP contribution in [-0.4, -0.2) is 84.5 Å². The number of fused-ring (bicyclic) bond motifs is 1. The van der Waals surface area contributed by atoms with E-state index >= 15 is 0 Å². The zero-order chi connectivity index (χ0) is 31.0. The average molecular weight is 611 g/mol. The number of carbonyl (C=O) groups is 2. The van der Waals surface area contributed by atoms with Crippen LogP contribution in [0.2, 0.25) is 25.7 Å². The number of nitrogens with zero attached hydrogens (tertiary/aromatic N) is 4. The molecule has 43 heavy (non-hydrogen) atoms. The van der Waals surface area contributed by atoms with E-state index in [1.807, 2.05) is 48.7 Å². The van der Waals surface area contributed by atoms with Gasteiger partial charge in [0.2, 0.25) is 0 Å². The molecule has 2 aromatic heterocycles. The van der Waals surface area contributed by atoms with E-state index in [0.717, 1.165) is 24.4 Å². The van der Waals surface area contributed by atoms with Gasteiger partial charge in [0.1, 0.15) is 24.7 Å². The summed E-state index contributed by atoms with van der Waals surface area (Å²) in [6.45, 7) is 12.9. The smallest absolute Gasteiger partial charge is 0.410 e. The lowest BCUT2D eigenvalue weighted by Crippen LogP contribution is -2.49. The number of nitrogens with one attached hydrogen (secondary N) is 2. The third kappa shape index (κ3) is 9.25. The number of ether oxygens (including phenoxy) is 3. The Bertz CT molecular complexity index is 1360. The standard InChI is InChI=1S/C31H46N6O5Si/c1-22(19-40-3)33-30(38)26-18-36(21-41-14-15-43(4,5)6)29-28(26)35-27(16-32-29)34-25-13-12-23(2)37(17-25)31(39)42-20-24-10-8-7-9-11-24/h7-11,16,18,22-23,25H,12-15,17,19-21H2,1-6H3,(H,33,38)(H,34,35)/t22-,23-,25+/m1/s1. The van der Waals surface area contributed by atoms with Gasteiger partial charge < -0.3 is 34.3 Å². The van der Waals surface area contributed by atoms with Crippen LogP contribution in [0.25, 0.3) is 11.2 Å². The molecular formula is C31H46N6O5Si. The highest BCUT2D eigenvalue weighted by Crippen LogP contribution is 2.24. The van der Waals surface area contributed by atoms with Gasteiger partial charge in [-0.3, -0.25) is 4.79 Å². The van der Waals surface area contributed by atoms with Gasteiger partial charge in [-0.05, 0) is 38.3 Å². The Morgan fingerprint density at radius 3 is 2.65 bits per heavy atom. The summed E-state index contributed by atoms with van der Waals surface area (Å²) in [7, 11) is 0.370. The normalized spacial score (nSPS) is 18.0. The molecule has 234 valence electrons. The van der Waals surface area contributed by atoms with Gasteiger partial charge in [-0.2, -0.15) is 0 Å². The third-order valence-corrected chi connectivity index (χ3v) is 9.21. The third-order valence-electron chi connectivity index (χ3n) is 7.50. The lowest BCUT2D eigenvalue weighted by Gasteiger charge is -2.37. The maximum Gasteiger partial charge on any atom is 0.410 e. The number of amides is 2. The van der Waals surface area contributed by atoms with E-state index in [9.17, 15) is 9.59 Å². The number of rotatable bonds is 13. The summed E-state index contributed by atoms with van der Waals surface area (Å²) in [6.07, 6.45) is 4.78. The summed E-state index contributed by atoms with van der Waals surface area (Å²) in [6, 6.07) is 10.6. The molecular weight excluding hydrogens is 564 g/mol. The molecule has 1 aliphatic rings. The van der Waals surface area contributed by atoms with Crippen molar-refractivity contribution in [2.75, 3.05) is 32.2 Å². The summed E-state index contributed by atoms with van der Waals surface area (Å²) in [5.41, 5.74) is 2.44. The minimum absolute atomic E-state index is 0.0433. The zero-order valence-corrected chi connectivity index (χ0v) is 27.3. The molecule has 4 rings (SSSR count). The number of carbonyl (C=O) groups excluding carboxylic acids is 2. The molecule has 0 bridgehead atoms. The van der Waals surface area contributed by atoms with Crippen LogP contribution in [0.4, 0.5) is 10.6 Å². The van der Waals surface area contributed by atoms with Crippen LogP contribution >= 0.6 is 0 Å². The quantitative estimate of drug-likeness (QED) is 0.202. The van der Waals surface area contributed by atoms with Crippen molar-refractivity contribution in [2.45, 2.75) is 83.8 Å². The predicted molar refractivity (Wildman–Crippen MR) is 170 cm³/mol. The molecule has 1 aromatic carbocycles. The van der Waals surface area contributed by atoms with Gasteiger partial charge in [-0.1, -0.05) is 50.0 Å². The highest BCUT2D eigenvalue weighted by Gasteiger charge is 2.30. The summed E-state index contributed by atoms with van der Waals surface area (Å²) < 4.78 is 18.6. The Hall–Kier alpha value is -3.48. The molecule has 3 atom stereocenters. The Morgan fingerprint density at radius 1 is 1.16 bits per heavy atom. The van der Waals surface area contributed by atoms with Gasteiger partial charge in [-0.15, -0.1) is 0 Å². The molecule has 3 aromatic rings. The van der Waals surface area contributed by atoms with Crippen LogP contribution in [0.15, 0.2) is 42.7 Å². The van der Waals surface area contributed by atoms with Crippen LogP contribution < -0.4 is 10.6 Å². The Kier molecular flexibility index (Phi) is 11.2. The average Bonchev–Trinajstić information content (AvgIpc) is 3.33. The van der Waals surface area contributed by atoms with Crippen LogP contribution in [-0.2, 0) is 27.5 Å². The summed E-state index contributed by atoms with van der Waals surface area (Å²) in [4.78, 5) is 37.5. The minimum atomic E-state index is -1.23. The predicted octanol–water partition coefficient (Wildman–Crippen LogP) is 5.11. The molecule has 0 radical (unpaired) electrons. The van der Waals surface area contributed by atoms with E-state index in [2.05, 4.69) is 35.3 Å². The fraction of sp³-hybridized carbons (Fsp3) is 0.548. The Balaban J connectivity index is 1.48. The van der Waals surface area contributed by atoms with Crippen LogP contribution in [0, 0.1) is 0 Å².